The van der Waals surface area contributed by atoms with Gasteiger partial charge in [0.1, 0.15) is 5.75 Å². The smallest absolute Gasteiger partial charge is 0.120 e. The van der Waals surface area contributed by atoms with E-state index in [4.69, 9.17) is 5.73 Å². The van der Waals surface area contributed by atoms with Gasteiger partial charge < -0.3 is 10.8 Å². The molecule has 0 bridgehead atoms. The van der Waals surface area contributed by atoms with Crippen LogP contribution >= 0.6 is 0 Å². The summed E-state index contributed by atoms with van der Waals surface area (Å²) >= 11 is 0. The van der Waals surface area contributed by atoms with Gasteiger partial charge in [0.25, 0.3) is 0 Å². The van der Waals surface area contributed by atoms with Crippen LogP contribution in [0.15, 0.2) is 18.2 Å². The molecule has 0 fully saturated rings. The molecule has 1 rings (SSSR count). The van der Waals surface area contributed by atoms with Crippen molar-refractivity contribution in [1.82, 2.24) is 0 Å². The molecule has 0 amide bonds. The Bertz CT molecular complexity index is 283. The third-order valence-corrected chi connectivity index (χ3v) is 2.50. The van der Waals surface area contributed by atoms with Gasteiger partial charge >= 0.3 is 0 Å². The molecule has 13 heavy (non-hydrogen) atoms. The van der Waals surface area contributed by atoms with Gasteiger partial charge in [-0.1, -0.05) is 26.0 Å². The summed E-state index contributed by atoms with van der Waals surface area (Å²) in [5.41, 5.74) is 7.58. The summed E-state index contributed by atoms with van der Waals surface area (Å²) in [5.74, 6) is 0.834. The lowest BCUT2D eigenvalue weighted by molar-refractivity contribution is 0.468. The minimum atomic E-state index is 0.301. The molecule has 0 saturated carbocycles. The van der Waals surface area contributed by atoms with Crippen molar-refractivity contribution in [2.45, 2.75) is 32.7 Å². The highest BCUT2D eigenvalue weighted by molar-refractivity contribution is 5.37. The summed E-state index contributed by atoms with van der Waals surface area (Å²) in [7, 11) is 0. The highest BCUT2D eigenvalue weighted by Gasteiger charge is 2.05. The molecule has 3 N–H and O–H groups in total. The third-order valence-electron chi connectivity index (χ3n) is 2.50. The molecule has 72 valence electrons. The molecule has 1 unspecified atom stereocenters. The van der Waals surface area contributed by atoms with Gasteiger partial charge in [0, 0.05) is 12.1 Å². The van der Waals surface area contributed by atoms with E-state index in [2.05, 4.69) is 13.8 Å². The highest BCUT2D eigenvalue weighted by Crippen LogP contribution is 2.24. The fourth-order valence-corrected chi connectivity index (χ4v) is 1.31. The molecular weight excluding hydrogens is 162 g/mol. The zero-order valence-corrected chi connectivity index (χ0v) is 8.25. The van der Waals surface area contributed by atoms with Crippen molar-refractivity contribution in [3.8, 4) is 5.75 Å². The first kappa shape index (κ1) is 10.1. The monoisotopic (exact) mass is 179 g/mol. The Balaban J connectivity index is 2.99. The second-order valence-electron chi connectivity index (χ2n) is 3.40. The van der Waals surface area contributed by atoms with Crippen molar-refractivity contribution in [3.63, 3.8) is 0 Å². The second kappa shape index (κ2) is 4.28. The second-order valence-corrected chi connectivity index (χ2v) is 3.40. The minimum absolute atomic E-state index is 0.301. The van der Waals surface area contributed by atoms with Gasteiger partial charge in [0.05, 0.1) is 0 Å². The molecule has 2 heteroatoms. The first-order valence-corrected chi connectivity index (χ1v) is 4.70. The van der Waals surface area contributed by atoms with Gasteiger partial charge in [-0.25, -0.2) is 0 Å². The Morgan fingerprint density at radius 1 is 1.46 bits per heavy atom. The lowest BCUT2D eigenvalue weighted by atomic mass is 9.96. The van der Waals surface area contributed by atoms with Crippen LogP contribution in [0.2, 0.25) is 0 Å². The zero-order valence-electron chi connectivity index (χ0n) is 8.25. The van der Waals surface area contributed by atoms with E-state index >= 15 is 0 Å². The van der Waals surface area contributed by atoms with Gasteiger partial charge in [-0.05, 0) is 24.0 Å². The van der Waals surface area contributed by atoms with E-state index in [1.54, 1.807) is 6.07 Å². The van der Waals surface area contributed by atoms with Crippen molar-refractivity contribution in [1.29, 1.82) is 0 Å². The molecule has 0 heterocycles. The van der Waals surface area contributed by atoms with E-state index in [9.17, 15) is 5.11 Å². The first-order valence-electron chi connectivity index (χ1n) is 4.70. The van der Waals surface area contributed by atoms with Gasteiger partial charge in [-0.3, -0.25) is 0 Å². The van der Waals surface area contributed by atoms with Crippen LogP contribution in [0.4, 0.5) is 0 Å². The summed E-state index contributed by atoms with van der Waals surface area (Å²) in [4.78, 5) is 0. The van der Waals surface area contributed by atoms with Crippen LogP contribution in [0.3, 0.4) is 0 Å². The molecule has 0 aliphatic heterocycles. The van der Waals surface area contributed by atoms with E-state index in [1.165, 1.54) is 5.56 Å². The average Bonchev–Trinajstić information content (AvgIpc) is 2.17. The van der Waals surface area contributed by atoms with Crippen LogP contribution in [0.1, 0.15) is 37.3 Å². The van der Waals surface area contributed by atoms with E-state index in [0.717, 1.165) is 12.0 Å². The van der Waals surface area contributed by atoms with E-state index < -0.39 is 0 Å². The molecule has 0 spiro atoms. The van der Waals surface area contributed by atoms with Crippen molar-refractivity contribution in [3.05, 3.63) is 29.3 Å². The first-order chi connectivity index (χ1) is 6.19. The zero-order chi connectivity index (χ0) is 9.84. The number of phenolic OH excluding ortho intramolecular Hbond substituents is 1. The molecule has 1 aromatic carbocycles. The predicted molar refractivity (Wildman–Crippen MR) is 54.7 cm³/mol. The minimum Gasteiger partial charge on any atom is -0.508 e. The SMILES string of the molecule is CCC(C)c1ccc(O)c(CN)c1. The van der Waals surface area contributed by atoms with Crippen LogP contribution in [-0.2, 0) is 6.54 Å². The molecule has 0 saturated heterocycles. The number of benzene rings is 1. The van der Waals surface area contributed by atoms with Crippen LogP contribution in [0, 0.1) is 0 Å². The number of nitrogens with two attached hydrogens (primary N) is 1. The summed E-state index contributed by atoms with van der Waals surface area (Å²) in [6.45, 7) is 4.72. The third kappa shape index (κ3) is 2.22. The summed E-state index contributed by atoms with van der Waals surface area (Å²) < 4.78 is 0. The average molecular weight is 179 g/mol. The fraction of sp³-hybridized carbons (Fsp3) is 0.455. The maximum absolute atomic E-state index is 9.41. The van der Waals surface area contributed by atoms with E-state index in [-0.39, 0.29) is 0 Å². The normalized spacial score (nSPS) is 12.8. The topological polar surface area (TPSA) is 46.2 Å². The summed E-state index contributed by atoms with van der Waals surface area (Å²) in [6.07, 6.45) is 1.11. The summed E-state index contributed by atoms with van der Waals surface area (Å²) in [6, 6.07) is 5.68. The molecule has 1 aromatic rings. The Morgan fingerprint density at radius 2 is 2.15 bits per heavy atom. The van der Waals surface area contributed by atoms with Crippen molar-refractivity contribution >= 4 is 0 Å². The molecule has 0 radical (unpaired) electrons. The van der Waals surface area contributed by atoms with Gasteiger partial charge in [-0.2, -0.15) is 0 Å². The van der Waals surface area contributed by atoms with Crippen LogP contribution < -0.4 is 5.73 Å². The van der Waals surface area contributed by atoms with Gasteiger partial charge in [0.15, 0.2) is 0 Å². The molecule has 2 nitrogen and oxygen atoms in total. The highest BCUT2D eigenvalue weighted by atomic mass is 16.3. The van der Waals surface area contributed by atoms with Crippen molar-refractivity contribution in [2.24, 2.45) is 5.73 Å². The van der Waals surface area contributed by atoms with E-state index in [1.807, 2.05) is 12.1 Å². The van der Waals surface area contributed by atoms with Crippen LogP contribution in [0.5, 0.6) is 5.75 Å². The largest absolute Gasteiger partial charge is 0.508 e. The van der Waals surface area contributed by atoms with Gasteiger partial charge in [-0.15, -0.1) is 0 Å². The number of rotatable bonds is 3. The molecule has 1 atom stereocenters. The predicted octanol–water partition coefficient (Wildman–Crippen LogP) is 2.36. The van der Waals surface area contributed by atoms with Crippen LogP contribution in [0.25, 0.3) is 0 Å². The number of phenols is 1. The maximum atomic E-state index is 9.41. The Labute approximate surface area is 79.4 Å². The molecular formula is C11H17NO. The lowest BCUT2D eigenvalue weighted by Crippen LogP contribution is -1.99. The molecule has 0 aliphatic carbocycles. The number of hydrogen-bond donors (Lipinski definition) is 2. The van der Waals surface area contributed by atoms with Crippen LogP contribution in [-0.4, -0.2) is 5.11 Å². The Morgan fingerprint density at radius 3 is 2.69 bits per heavy atom. The summed E-state index contributed by atoms with van der Waals surface area (Å²) in [5, 5.41) is 9.41. The van der Waals surface area contributed by atoms with Crippen molar-refractivity contribution in [2.75, 3.05) is 0 Å². The molecule has 0 aromatic heterocycles. The number of hydrogen-bond acceptors (Lipinski definition) is 2. The Kier molecular flexibility index (Phi) is 3.32. The Hall–Kier alpha value is -1.02. The standard InChI is InChI=1S/C11H17NO/c1-3-8(2)9-4-5-11(13)10(6-9)7-12/h4-6,8,13H,3,7,12H2,1-2H3. The lowest BCUT2D eigenvalue weighted by Gasteiger charge is -2.11. The number of aromatic hydroxyl groups is 1. The van der Waals surface area contributed by atoms with Crippen molar-refractivity contribution < 1.29 is 5.11 Å². The van der Waals surface area contributed by atoms with Gasteiger partial charge in [0.2, 0.25) is 0 Å². The quantitative estimate of drug-likeness (QED) is 0.748. The fourth-order valence-electron chi connectivity index (χ4n) is 1.31. The molecule has 0 aliphatic rings. The maximum Gasteiger partial charge on any atom is 0.120 e. The van der Waals surface area contributed by atoms with E-state index in [0.29, 0.717) is 18.2 Å².